The van der Waals surface area contributed by atoms with Crippen LogP contribution in [0.3, 0.4) is 0 Å². The van der Waals surface area contributed by atoms with Crippen LogP contribution in [0, 0.1) is 11.7 Å². The second kappa shape index (κ2) is 8.60. The largest absolute Gasteiger partial charge is 0.310 e. The summed E-state index contributed by atoms with van der Waals surface area (Å²) in [5, 5.41) is 3.44. The average molecular weight is 283 g/mol. The van der Waals surface area contributed by atoms with Gasteiger partial charge in [-0.05, 0) is 61.7 Å². The number of hydrogen-bond acceptors (Lipinski definition) is 2. The lowest BCUT2D eigenvalue weighted by atomic mass is 10.1. The van der Waals surface area contributed by atoms with Crippen LogP contribution in [0.5, 0.6) is 0 Å². The minimum atomic E-state index is -0.145. The van der Waals surface area contributed by atoms with Crippen molar-refractivity contribution in [1.29, 1.82) is 0 Å². The molecule has 1 nitrogen and oxygen atoms in total. The summed E-state index contributed by atoms with van der Waals surface area (Å²) in [6, 6.07) is 5.36. The van der Waals surface area contributed by atoms with Crippen molar-refractivity contribution in [3.63, 3.8) is 0 Å². The molecule has 0 aliphatic carbocycles. The van der Waals surface area contributed by atoms with Gasteiger partial charge in [0, 0.05) is 10.9 Å². The fourth-order valence-electron chi connectivity index (χ4n) is 1.86. The Labute approximate surface area is 121 Å². The van der Waals surface area contributed by atoms with Gasteiger partial charge in [-0.25, -0.2) is 4.39 Å². The second-order valence-corrected chi connectivity index (χ2v) is 6.53. The summed E-state index contributed by atoms with van der Waals surface area (Å²) >= 11 is 1.84. The van der Waals surface area contributed by atoms with Crippen LogP contribution in [0.1, 0.15) is 52.1 Å². The standard InChI is InChI=1S/C16H26FNS/c1-5-9-18-13(4)15-11-14(17)6-7-16(15)19-10-8-12(2)3/h6-7,11-13,18H,5,8-10H2,1-4H3. The third-order valence-corrected chi connectivity index (χ3v) is 4.21. The molecule has 108 valence electrons. The molecule has 0 spiro atoms. The van der Waals surface area contributed by atoms with Crippen LogP contribution in [0.15, 0.2) is 23.1 Å². The summed E-state index contributed by atoms with van der Waals surface area (Å²) < 4.78 is 13.4. The van der Waals surface area contributed by atoms with Gasteiger partial charge in [0.05, 0.1) is 0 Å². The first kappa shape index (κ1) is 16.5. The van der Waals surface area contributed by atoms with Gasteiger partial charge in [-0.3, -0.25) is 0 Å². The van der Waals surface area contributed by atoms with Gasteiger partial charge in [0.25, 0.3) is 0 Å². The van der Waals surface area contributed by atoms with E-state index in [4.69, 9.17) is 0 Å². The maximum Gasteiger partial charge on any atom is 0.123 e. The highest BCUT2D eigenvalue weighted by atomic mass is 32.2. The number of benzene rings is 1. The van der Waals surface area contributed by atoms with Crippen LogP contribution >= 0.6 is 11.8 Å². The van der Waals surface area contributed by atoms with E-state index >= 15 is 0 Å². The normalized spacial score (nSPS) is 12.9. The molecule has 0 bridgehead atoms. The van der Waals surface area contributed by atoms with Crippen molar-refractivity contribution in [1.82, 2.24) is 5.32 Å². The van der Waals surface area contributed by atoms with E-state index in [9.17, 15) is 4.39 Å². The van der Waals surface area contributed by atoms with Crippen LogP contribution in [0.25, 0.3) is 0 Å². The summed E-state index contributed by atoms with van der Waals surface area (Å²) in [5.41, 5.74) is 1.09. The molecule has 0 fully saturated rings. The van der Waals surface area contributed by atoms with Gasteiger partial charge in [0.2, 0.25) is 0 Å². The van der Waals surface area contributed by atoms with E-state index < -0.39 is 0 Å². The summed E-state index contributed by atoms with van der Waals surface area (Å²) in [4.78, 5) is 1.21. The van der Waals surface area contributed by atoms with Gasteiger partial charge < -0.3 is 5.32 Å². The Balaban J connectivity index is 2.73. The second-order valence-electron chi connectivity index (χ2n) is 5.39. The Morgan fingerprint density at radius 3 is 2.63 bits per heavy atom. The first-order valence-electron chi connectivity index (χ1n) is 7.20. The van der Waals surface area contributed by atoms with Crippen molar-refractivity contribution >= 4 is 11.8 Å². The summed E-state index contributed by atoms with van der Waals surface area (Å²) in [6.45, 7) is 9.68. The van der Waals surface area contributed by atoms with Crippen LogP contribution in [-0.4, -0.2) is 12.3 Å². The predicted molar refractivity (Wildman–Crippen MR) is 83.3 cm³/mol. The fraction of sp³-hybridized carbons (Fsp3) is 0.625. The SMILES string of the molecule is CCCNC(C)c1cc(F)ccc1SCCC(C)C. The molecule has 0 saturated carbocycles. The maximum absolute atomic E-state index is 13.4. The first-order chi connectivity index (χ1) is 9.04. The third-order valence-electron chi connectivity index (χ3n) is 3.09. The van der Waals surface area contributed by atoms with Crippen molar-refractivity contribution in [2.75, 3.05) is 12.3 Å². The zero-order valence-corrected chi connectivity index (χ0v) is 13.3. The number of hydrogen-bond donors (Lipinski definition) is 1. The molecule has 0 aliphatic heterocycles. The van der Waals surface area contributed by atoms with Crippen LogP contribution in [0.2, 0.25) is 0 Å². The average Bonchev–Trinajstić information content (AvgIpc) is 2.37. The van der Waals surface area contributed by atoms with Crippen molar-refractivity contribution in [2.45, 2.75) is 51.5 Å². The molecule has 1 N–H and O–H groups in total. The Kier molecular flexibility index (Phi) is 7.47. The first-order valence-corrected chi connectivity index (χ1v) is 8.18. The van der Waals surface area contributed by atoms with Gasteiger partial charge in [-0.2, -0.15) is 0 Å². The van der Waals surface area contributed by atoms with Gasteiger partial charge in [0.1, 0.15) is 5.82 Å². The molecule has 0 aliphatic rings. The minimum absolute atomic E-state index is 0.145. The summed E-state index contributed by atoms with van der Waals surface area (Å²) in [7, 11) is 0. The molecular formula is C16H26FNS. The molecule has 0 aromatic heterocycles. The molecule has 0 amide bonds. The third kappa shape index (κ3) is 5.96. The van der Waals surface area contributed by atoms with Crippen molar-refractivity contribution in [3.8, 4) is 0 Å². The van der Waals surface area contributed by atoms with Gasteiger partial charge in [-0.15, -0.1) is 11.8 Å². The monoisotopic (exact) mass is 283 g/mol. The fourth-order valence-corrected chi connectivity index (χ4v) is 3.24. The molecule has 0 saturated heterocycles. The highest BCUT2D eigenvalue weighted by Crippen LogP contribution is 2.29. The number of halogens is 1. The molecule has 1 aromatic carbocycles. The maximum atomic E-state index is 13.4. The van der Waals surface area contributed by atoms with E-state index in [0.717, 1.165) is 24.3 Å². The van der Waals surface area contributed by atoms with E-state index in [2.05, 4.69) is 33.0 Å². The van der Waals surface area contributed by atoms with Crippen molar-refractivity contribution < 1.29 is 4.39 Å². The van der Waals surface area contributed by atoms with Crippen LogP contribution < -0.4 is 5.32 Å². The molecule has 19 heavy (non-hydrogen) atoms. The van der Waals surface area contributed by atoms with Gasteiger partial charge >= 0.3 is 0 Å². The smallest absolute Gasteiger partial charge is 0.123 e. The topological polar surface area (TPSA) is 12.0 Å². The zero-order valence-electron chi connectivity index (χ0n) is 12.5. The molecule has 1 aromatic rings. The van der Waals surface area contributed by atoms with E-state index in [-0.39, 0.29) is 11.9 Å². The van der Waals surface area contributed by atoms with Crippen LogP contribution in [-0.2, 0) is 0 Å². The van der Waals surface area contributed by atoms with E-state index in [1.54, 1.807) is 12.1 Å². The number of rotatable bonds is 8. The van der Waals surface area contributed by atoms with Gasteiger partial charge in [0.15, 0.2) is 0 Å². The zero-order chi connectivity index (χ0) is 14.3. The summed E-state index contributed by atoms with van der Waals surface area (Å²) in [5.74, 6) is 1.66. The lowest BCUT2D eigenvalue weighted by Gasteiger charge is -2.18. The molecule has 0 heterocycles. The molecule has 1 rings (SSSR count). The summed E-state index contributed by atoms with van der Waals surface area (Å²) in [6.07, 6.45) is 2.29. The Hall–Kier alpha value is -0.540. The molecular weight excluding hydrogens is 257 g/mol. The number of thioether (sulfide) groups is 1. The minimum Gasteiger partial charge on any atom is -0.310 e. The highest BCUT2D eigenvalue weighted by Gasteiger charge is 2.11. The van der Waals surface area contributed by atoms with Gasteiger partial charge in [-0.1, -0.05) is 20.8 Å². The Bertz CT molecular complexity index is 379. The van der Waals surface area contributed by atoms with Crippen LogP contribution in [0.4, 0.5) is 4.39 Å². The molecule has 3 heteroatoms. The van der Waals surface area contributed by atoms with Crippen molar-refractivity contribution in [2.24, 2.45) is 5.92 Å². The Morgan fingerprint density at radius 1 is 1.26 bits per heavy atom. The van der Waals surface area contributed by atoms with E-state index in [1.807, 2.05) is 17.8 Å². The lowest BCUT2D eigenvalue weighted by molar-refractivity contribution is 0.554. The van der Waals surface area contributed by atoms with E-state index in [1.165, 1.54) is 11.3 Å². The predicted octanol–water partition coefficient (Wildman–Crippen LogP) is 5.02. The molecule has 1 atom stereocenters. The highest BCUT2D eigenvalue weighted by molar-refractivity contribution is 7.99. The lowest BCUT2D eigenvalue weighted by Crippen LogP contribution is -2.20. The van der Waals surface area contributed by atoms with Crippen molar-refractivity contribution in [3.05, 3.63) is 29.6 Å². The Morgan fingerprint density at radius 2 is 2.00 bits per heavy atom. The molecule has 1 unspecified atom stereocenters. The quantitative estimate of drug-likeness (QED) is 0.672. The number of nitrogens with one attached hydrogen (secondary N) is 1. The molecule has 0 radical (unpaired) electrons. The van der Waals surface area contributed by atoms with E-state index in [0.29, 0.717) is 5.92 Å².